The third-order valence-corrected chi connectivity index (χ3v) is 3.79. The summed E-state index contributed by atoms with van der Waals surface area (Å²) < 4.78 is 44.8. The van der Waals surface area contributed by atoms with Crippen molar-refractivity contribution in [1.82, 2.24) is 5.32 Å². The molecule has 0 aliphatic carbocycles. The van der Waals surface area contributed by atoms with Crippen molar-refractivity contribution in [3.63, 3.8) is 0 Å². The fourth-order valence-electron chi connectivity index (χ4n) is 2.70. The maximum absolute atomic E-state index is 9.08. The van der Waals surface area contributed by atoms with E-state index in [0.717, 1.165) is 48.9 Å². The van der Waals surface area contributed by atoms with Gasteiger partial charge in [-0.1, -0.05) is 30.3 Å². The standard InChI is InChI=1S/C19H23NO3.CH4O3S/c1-2-21-18-9-5-6-10-19(18)23-17-8-4-3-7-15(17)13-16-14-20-11-12-22-16;1-5(2,3)4/h3-10,16,20H,2,11-14H2,1H3;1H3,(H,2,3,4)/p-1. The van der Waals surface area contributed by atoms with E-state index in [2.05, 4.69) is 11.4 Å². The minimum atomic E-state index is -3.92. The Morgan fingerprint density at radius 1 is 1.11 bits per heavy atom. The molecule has 1 saturated heterocycles. The summed E-state index contributed by atoms with van der Waals surface area (Å²) in [7, 11) is -3.92. The second kappa shape index (κ2) is 11.0. The van der Waals surface area contributed by atoms with Gasteiger partial charge >= 0.3 is 0 Å². The molecular weight excluding hydrogens is 382 g/mol. The average molecular weight is 408 g/mol. The first-order valence-corrected chi connectivity index (χ1v) is 10.9. The van der Waals surface area contributed by atoms with Gasteiger partial charge in [-0.2, -0.15) is 0 Å². The molecule has 8 heteroatoms. The second-order valence-corrected chi connectivity index (χ2v) is 7.60. The topological polar surface area (TPSA) is 96.9 Å². The van der Waals surface area contributed by atoms with Gasteiger partial charge in [0.05, 0.1) is 29.4 Å². The van der Waals surface area contributed by atoms with E-state index in [9.17, 15) is 0 Å². The number of benzene rings is 2. The van der Waals surface area contributed by atoms with Crippen LogP contribution in [0.1, 0.15) is 12.5 Å². The van der Waals surface area contributed by atoms with E-state index in [0.29, 0.717) is 12.9 Å². The second-order valence-electron chi connectivity index (χ2n) is 6.19. The highest BCUT2D eigenvalue weighted by atomic mass is 32.2. The zero-order valence-corrected chi connectivity index (χ0v) is 16.9. The van der Waals surface area contributed by atoms with E-state index in [1.807, 2.05) is 49.4 Å². The molecule has 2 aromatic rings. The Labute approximate surface area is 166 Å². The fraction of sp³-hybridized carbons (Fsp3) is 0.400. The molecule has 0 amide bonds. The van der Waals surface area contributed by atoms with Crippen LogP contribution < -0.4 is 14.8 Å². The van der Waals surface area contributed by atoms with E-state index in [1.165, 1.54) is 0 Å². The summed E-state index contributed by atoms with van der Waals surface area (Å²) >= 11 is 0. The van der Waals surface area contributed by atoms with Gasteiger partial charge in [-0.05, 0) is 30.7 Å². The van der Waals surface area contributed by atoms with E-state index in [1.54, 1.807) is 0 Å². The summed E-state index contributed by atoms with van der Waals surface area (Å²) in [4.78, 5) is 0. The number of morpholine rings is 1. The molecule has 1 atom stereocenters. The summed E-state index contributed by atoms with van der Waals surface area (Å²) in [6.07, 6.45) is 1.63. The van der Waals surface area contributed by atoms with E-state index < -0.39 is 10.1 Å². The number of hydrogen-bond donors (Lipinski definition) is 1. The molecule has 0 spiro atoms. The predicted octanol–water partition coefficient (Wildman–Crippen LogP) is 2.57. The van der Waals surface area contributed by atoms with Crippen molar-refractivity contribution in [2.75, 3.05) is 32.6 Å². The minimum Gasteiger partial charge on any atom is -0.748 e. The SMILES string of the molecule is CCOc1ccccc1Oc1ccccc1CC1CNCCO1.CS(=O)(=O)[O-]. The Morgan fingerprint density at radius 2 is 1.71 bits per heavy atom. The van der Waals surface area contributed by atoms with Gasteiger partial charge in [-0.15, -0.1) is 0 Å². The Hall–Kier alpha value is -2.13. The average Bonchev–Trinajstić information content (AvgIpc) is 2.65. The van der Waals surface area contributed by atoms with Crippen molar-refractivity contribution in [3.8, 4) is 17.2 Å². The summed E-state index contributed by atoms with van der Waals surface area (Å²) in [5.41, 5.74) is 1.15. The summed E-state index contributed by atoms with van der Waals surface area (Å²) in [6, 6.07) is 15.9. The first-order valence-electron chi connectivity index (χ1n) is 9.07. The number of ether oxygens (including phenoxy) is 3. The third-order valence-electron chi connectivity index (χ3n) is 3.79. The molecule has 1 heterocycles. The van der Waals surface area contributed by atoms with Gasteiger partial charge in [0.1, 0.15) is 5.75 Å². The van der Waals surface area contributed by atoms with Gasteiger partial charge in [0, 0.05) is 25.8 Å². The maximum atomic E-state index is 9.08. The summed E-state index contributed by atoms with van der Waals surface area (Å²) in [6.45, 7) is 5.16. The zero-order chi connectivity index (χ0) is 20.4. The molecule has 0 aromatic heterocycles. The molecule has 0 saturated carbocycles. The lowest BCUT2D eigenvalue weighted by Gasteiger charge is -2.24. The molecule has 1 unspecified atom stereocenters. The fourth-order valence-corrected chi connectivity index (χ4v) is 2.70. The Bertz CT molecular complexity index is 826. The van der Waals surface area contributed by atoms with Gasteiger partial charge in [0.25, 0.3) is 0 Å². The first kappa shape index (κ1) is 22.2. The highest BCUT2D eigenvalue weighted by Gasteiger charge is 2.17. The third kappa shape index (κ3) is 8.26. The molecule has 1 aliphatic rings. The van der Waals surface area contributed by atoms with Crippen molar-refractivity contribution < 1.29 is 27.2 Å². The van der Waals surface area contributed by atoms with E-state index in [-0.39, 0.29) is 6.10 Å². The van der Waals surface area contributed by atoms with Crippen LogP contribution in [-0.2, 0) is 21.3 Å². The zero-order valence-electron chi connectivity index (χ0n) is 16.1. The Balaban J connectivity index is 0.000000500. The van der Waals surface area contributed by atoms with Crippen LogP contribution in [0.5, 0.6) is 17.2 Å². The van der Waals surface area contributed by atoms with Gasteiger partial charge < -0.3 is 24.1 Å². The predicted molar refractivity (Wildman–Crippen MR) is 106 cm³/mol. The van der Waals surface area contributed by atoms with Gasteiger partial charge in [-0.3, -0.25) is 0 Å². The summed E-state index contributed by atoms with van der Waals surface area (Å²) in [5.74, 6) is 2.36. The molecule has 7 nitrogen and oxygen atoms in total. The minimum absolute atomic E-state index is 0.190. The van der Waals surface area contributed by atoms with E-state index >= 15 is 0 Å². The lowest BCUT2D eigenvalue weighted by molar-refractivity contribution is 0.0289. The number of rotatable bonds is 6. The Kier molecular flexibility index (Phi) is 8.72. The van der Waals surface area contributed by atoms with Gasteiger partial charge in [0.2, 0.25) is 0 Å². The number of nitrogens with one attached hydrogen (secondary N) is 1. The van der Waals surface area contributed by atoms with Crippen molar-refractivity contribution in [2.45, 2.75) is 19.4 Å². The quantitative estimate of drug-likeness (QED) is 0.734. The van der Waals surface area contributed by atoms with E-state index in [4.69, 9.17) is 27.2 Å². The maximum Gasteiger partial charge on any atom is 0.169 e. The van der Waals surface area contributed by atoms with Crippen LogP contribution in [0, 0.1) is 0 Å². The van der Waals surface area contributed by atoms with Crippen LogP contribution in [-0.4, -0.2) is 51.6 Å². The first-order chi connectivity index (χ1) is 13.4. The lowest BCUT2D eigenvalue weighted by atomic mass is 10.1. The van der Waals surface area contributed by atoms with Gasteiger partial charge in [0.15, 0.2) is 11.5 Å². The molecular formula is C20H26NO6S-. The monoisotopic (exact) mass is 408 g/mol. The van der Waals surface area contributed by atoms with Crippen molar-refractivity contribution in [1.29, 1.82) is 0 Å². The van der Waals surface area contributed by atoms with Crippen molar-refractivity contribution >= 4 is 10.1 Å². The lowest BCUT2D eigenvalue weighted by Crippen LogP contribution is -2.39. The van der Waals surface area contributed by atoms with Crippen LogP contribution in [0.15, 0.2) is 48.5 Å². The Morgan fingerprint density at radius 3 is 2.32 bits per heavy atom. The highest BCUT2D eigenvalue weighted by molar-refractivity contribution is 7.84. The van der Waals surface area contributed by atoms with Crippen molar-refractivity contribution in [2.24, 2.45) is 0 Å². The van der Waals surface area contributed by atoms with Crippen molar-refractivity contribution in [3.05, 3.63) is 54.1 Å². The van der Waals surface area contributed by atoms with Crippen LogP contribution in [0.4, 0.5) is 0 Å². The molecule has 1 N–H and O–H groups in total. The van der Waals surface area contributed by atoms with Crippen LogP contribution in [0.25, 0.3) is 0 Å². The molecule has 0 radical (unpaired) electrons. The van der Waals surface area contributed by atoms with Crippen LogP contribution in [0.2, 0.25) is 0 Å². The molecule has 2 aromatic carbocycles. The largest absolute Gasteiger partial charge is 0.748 e. The smallest absolute Gasteiger partial charge is 0.169 e. The normalized spacial score (nSPS) is 16.6. The summed E-state index contributed by atoms with van der Waals surface area (Å²) in [5, 5.41) is 3.36. The van der Waals surface area contributed by atoms with Crippen LogP contribution >= 0.6 is 0 Å². The number of hydrogen-bond acceptors (Lipinski definition) is 7. The number of para-hydroxylation sites is 3. The molecule has 1 aliphatic heterocycles. The molecule has 0 bridgehead atoms. The van der Waals surface area contributed by atoms with Gasteiger partial charge in [-0.25, -0.2) is 8.42 Å². The molecule has 28 heavy (non-hydrogen) atoms. The molecule has 1 fully saturated rings. The highest BCUT2D eigenvalue weighted by Crippen LogP contribution is 2.33. The molecule has 154 valence electrons. The van der Waals surface area contributed by atoms with Crippen LogP contribution in [0.3, 0.4) is 0 Å². The molecule has 3 rings (SSSR count).